The summed E-state index contributed by atoms with van der Waals surface area (Å²) >= 11 is 8.58. The Kier molecular flexibility index (Phi) is 3.72. The van der Waals surface area contributed by atoms with E-state index < -0.39 is 5.39 Å². The van der Waals surface area contributed by atoms with Crippen LogP contribution in [0, 0.1) is 0 Å². The molecule has 0 nitrogen and oxygen atoms in total. The van der Waals surface area contributed by atoms with Crippen molar-refractivity contribution in [2.45, 2.75) is 6.82 Å². The average Bonchev–Trinajstić information content (AvgIpc) is 1.38. The predicted octanol–water partition coefficient (Wildman–Crippen LogP) is 1.44. The topological polar surface area (TPSA) is 0 Å². The van der Waals surface area contributed by atoms with Crippen LogP contribution in [-0.2, 0) is 11.8 Å². The van der Waals surface area contributed by atoms with E-state index >= 15 is 0 Å². The monoisotopic (exact) mass is 122 g/mol. The SMILES string of the molecule is CB=P(=S)S. The van der Waals surface area contributed by atoms with E-state index in [4.69, 9.17) is 0 Å². The number of hydrogen-bond donors (Lipinski definition) is 1. The van der Waals surface area contributed by atoms with Gasteiger partial charge in [-0.05, 0) is 0 Å². The van der Waals surface area contributed by atoms with Crippen LogP contribution in [0.25, 0.3) is 0 Å². The molecule has 0 aromatic carbocycles. The Labute approximate surface area is 43.4 Å². The zero-order valence-corrected chi connectivity index (χ0v) is 5.49. The molecule has 0 heterocycles. The van der Waals surface area contributed by atoms with Crippen LogP contribution in [0.3, 0.4) is 0 Å². The molecule has 0 bridgehead atoms. The molecule has 0 aliphatic carbocycles. The third kappa shape index (κ3) is 4.93. The van der Waals surface area contributed by atoms with E-state index in [2.05, 4.69) is 24.1 Å². The van der Waals surface area contributed by atoms with Gasteiger partial charge >= 0.3 is 42.9 Å². The van der Waals surface area contributed by atoms with Crippen molar-refractivity contribution in [3.8, 4) is 0 Å². The number of hydrogen-bond acceptors (Lipinski definition) is 1. The Morgan fingerprint density at radius 3 is 2.20 bits per heavy atom. The van der Waals surface area contributed by atoms with Crippen LogP contribution < -0.4 is 0 Å². The summed E-state index contributed by atoms with van der Waals surface area (Å²) in [4.78, 5) is 0. The number of rotatable bonds is 0. The van der Waals surface area contributed by atoms with Crippen molar-refractivity contribution in [1.82, 2.24) is 0 Å². The van der Waals surface area contributed by atoms with E-state index in [9.17, 15) is 0 Å². The van der Waals surface area contributed by atoms with Gasteiger partial charge in [-0.15, -0.1) is 0 Å². The molecule has 0 N–H and O–H groups in total. The molecule has 0 radical (unpaired) electrons. The van der Waals surface area contributed by atoms with E-state index in [1.165, 1.54) is 0 Å². The fourth-order valence-electron chi connectivity index (χ4n) is 0. The van der Waals surface area contributed by atoms with Crippen LogP contribution in [0.4, 0.5) is 0 Å². The summed E-state index contributed by atoms with van der Waals surface area (Å²) in [5, 5.41) is -0.445. The van der Waals surface area contributed by atoms with Crippen LogP contribution >= 0.6 is 17.6 Å². The second-order valence-corrected chi connectivity index (χ2v) is 4.97. The van der Waals surface area contributed by atoms with Crippen LogP contribution in [-0.4, -0.2) is 6.62 Å². The molecule has 28 valence electrons. The van der Waals surface area contributed by atoms with Crippen molar-refractivity contribution in [2.75, 3.05) is 0 Å². The summed E-state index contributed by atoms with van der Waals surface area (Å²) in [5.41, 5.74) is 0. The number of thiol groups is 1. The van der Waals surface area contributed by atoms with Gasteiger partial charge in [0.15, 0.2) is 0 Å². The Morgan fingerprint density at radius 1 is 2.00 bits per heavy atom. The minimum absolute atomic E-state index is 0.445. The molecule has 0 amide bonds. The summed E-state index contributed by atoms with van der Waals surface area (Å²) in [6.45, 7) is 3.83. The van der Waals surface area contributed by atoms with Gasteiger partial charge in [0.2, 0.25) is 0 Å². The zero-order valence-electron chi connectivity index (χ0n) is 2.88. The molecule has 0 aliphatic rings. The maximum absolute atomic E-state index is 4.65. The minimum atomic E-state index is -0.445. The second kappa shape index (κ2) is 3.14. The Bertz CT molecular complexity index is 81.6. The summed E-state index contributed by atoms with van der Waals surface area (Å²) in [6, 6.07) is 0. The molecule has 5 heavy (non-hydrogen) atoms. The van der Waals surface area contributed by atoms with Gasteiger partial charge in [-0.3, -0.25) is 0 Å². The standard InChI is InChI=1S/CH4BPS2/c1-2-3(4)5/h1H3,(H,4,5). The molecule has 0 fully saturated rings. The zero-order chi connectivity index (χ0) is 4.28. The fraction of sp³-hybridized carbons (Fsp3) is 1.00. The summed E-state index contributed by atoms with van der Waals surface area (Å²) in [7, 11) is 0. The van der Waals surface area contributed by atoms with Crippen molar-refractivity contribution in [3.63, 3.8) is 0 Å². The Morgan fingerprint density at radius 2 is 2.20 bits per heavy atom. The van der Waals surface area contributed by atoms with Crippen molar-refractivity contribution >= 4 is 36.1 Å². The van der Waals surface area contributed by atoms with Crippen molar-refractivity contribution < 1.29 is 0 Å². The van der Waals surface area contributed by atoms with E-state index in [0.29, 0.717) is 0 Å². The summed E-state index contributed by atoms with van der Waals surface area (Å²) in [5.74, 6) is 0. The third-order valence-corrected chi connectivity index (χ3v) is 1.99. The second-order valence-electron chi connectivity index (χ2n) is 0.561. The first-order valence-electron chi connectivity index (χ1n) is 1.22. The van der Waals surface area contributed by atoms with Crippen LogP contribution in [0.5, 0.6) is 0 Å². The van der Waals surface area contributed by atoms with Gasteiger partial charge < -0.3 is 0 Å². The summed E-state index contributed by atoms with van der Waals surface area (Å²) < 4.78 is 0. The van der Waals surface area contributed by atoms with Crippen LogP contribution in [0.1, 0.15) is 0 Å². The normalized spacial score (nSPS) is 10.4. The molecule has 1 atom stereocenters. The molecule has 0 saturated carbocycles. The van der Waals surface area contributed by atoms with Crippen molar-refractivity contribution in [2.24, 2.45) is 0 Å². The van der Waals surface area contributed by atoms with Gasteiger partial charge in [0.1, 0.15) is 0 Å². The molecule has 1 unspecified atom stereocenters. The molecule has 4 heteroatoms. The molecular formula is CH4BPS2. The van der Waals surface area contributed by atoms with Crippen LogP contribution in [0.15, 0.2) is 0 Å². The Hall–Kier alpha value is 0.935. The summed E-state index contributed by atoms with van der Waals surface area (Å²) in [6.07, 6.45) is 0. The maximum atomic E-state index is 4.65. The Balaban J connectivity index is 3.62. The van der Waals surface area contributed by atoms with Crippen LogP contribution in [0.2, 0.25) is 6.82 Å². The molecule has 0 rings (SSSR count). The van der Waals surface area contributed by atoms with Gasteiger partial charge in [-0.1, -0.05) is 0 Å². The van der Waals surface area contributed by atoms with E-state index in [-0.39, 0.29) is 0 Å². The average molecular weight is 122 g/mol. The first-order chi connectivity index (χ1) is 2.27. The van der Waals surface area contributed by atoms with Gasteiger partial charge in [-0.25, -0.2) is 0 Å². The third-order valence-electron chi connectivity index (χ3n) is 0.221. The first kappa shape index (κ1) is 5.93. The molecule has 0 aliphatic heterocycles. The van der Waals surface area contributed by atoms with Gasteiger partial charge in [-0.2, -0.15) is 0 Å². The molecule has 0 aromatic rings. The van der Waals surface area contributed by atoms with Gasteiger partial charge in [0.25, 0.3) is 0 Å². The predicted molar refractivity (Wildman–Crippen MR) is 34.9 cm³/mol. The molecular weight excluding hydrogens is 118 g/mol. The first-order valence-corrected chi connectivity index (χ1v) is 4.80. The van der Waals surface area contributed by atoms with E-state index in [1.54, 1.807) is 0 Å². The van der Waals surface area contributed by atoms with E-state index in [0.717, 1.165) is 0 Å². The molecule has 0 aromatic heterocycles. The van der Waals surface area contributed by atoms with Gasteiger partial charge in [0.05, 0.1) is 0 Å². The van der Waals surface area contributed by atoms with Gasteiger partial charge in [0, 0.05) is 0 Å². The van der Waals surface area contributed by atoms with E-state index in [1.807, 2.05) is 13.4 Å². The molecule has 0 spiro atoms. The quantitative estimate of drug-likeness (QED) is 0.288. The fourth-order valence-corrected chi connectivity index (χ4v) is 0. The molecule has 0 saturated heterocycles. The van der Waals surface area contributed by atoms with Crippen molar-refractivity contribution in [3.05, 3.63) is 0 Å². The van der Waals surface area contributed by atoms with Crippen molar-refractivity contribution in [1.29, 1.82) is 0 Å².